The third-order valence-corrected chi connectivity index (χ3v) is 3.98. The van der Waals surface area contributed by atoms with E-state index in [1.165, 1.54) is 30.1 Å². The summed E-state index contributed by atoms with van der Waals surface area (Å²) in [5.74, 6) is -0.990. The van der Waals surface area contributed by atoms with Crippen molar-refractivity contribution >= 4 is 41.1 Å². The number of carboxylic acids is 1. The van der Waals surface area contributed by atoms with E-state index in [2.05, 4.69) is 10.3 Å². The van der Waals surface area contributed by atoms with Gasteiger partial charge in [-0.05, 0) is 24.3 Å². The minimum atomic E-state index is -1.07. The van der Waals surface area contributed by atoms with E-state index in [9.17, 15) is 9.59 Å². The first-order valence-corrected chi connectivity index (χ1v) is 7.29. The van der Waals surface area contributed by atoms with Crippen molar-refractivity contribution in [3.05, 3.63) is 53.2 Å². The molecule has 1 aromatic carbocycles. The van der Waals surface area contributed by atoms with Gasteiger partial charge < -0.3 is 10.4 Å². The third kappa shape index (κ3) is 4.47. The van der Waals surface area contributed by atoms with E-state index in [1.54, 1.807) is 6.07 Å². The van der Waals surface area contributed by atoms with Crippen LogP contribution in [0.4, 0.5) is 5.82 Å². The molecule has 2 aromatic rings. The molecule has 0 saturated carbocycles. The molecule has 0 saturated heterocycles. The first kappa shape index (κ1) is 15.3. The van der Waals surface area contributed by atoms with Gasteiger partial charge in [-0.15, -0.1) is 11.8 Å². The number of halogens is 1. The number of carbonyl (C=O) groups excluding carboxylic acids is 1. The van der Waals surface area contributed by atoms with Gasteiger partial charge in [0, 0.05) is 11.1 Å². The highest BCUT2D eigenvalue weighted by Gasteiger charge is 2.09. The summed E-state index contributed by atoms with van der Waals surface area (Å²) < 4.78 is 0. The number of nitrogens with one attached hydrogen (secondary N) is 1. The summed E-state index contributed by atoms with van der Waals surface area (Å²) in [5.41, 5.74) is 0.0686. The smallest absolute Gasteiger partial charge is 0.335 e. The second kappa shape index (κ2) is 7.10. The van der Waals surface area contributed by atoms with Crippen LogP contribution in [0.1, 0.15) is 10.4 Å². The molecule has 0 aliphatic heterocycles. The fourth-order valence-corrected chi connectivity index (χ4v) is 2.55. The number of amides is 1. The van der Waals surface area contributed by atoms with Crippen molar-refractivity contribution in [2.24, 2.45) is 0 Å². The normalized spacial score (nSPS) is 10.1. The Labute approximate surface area is 130 Å². The molecule has 108 valence electrons. The third-order valence-electron chi connectivity index (χ3n) is 2.47. The van der Waals surface area contributed by atoms with E-state index in [0.717, 1.165) is 4.90 Å². The lowest BCUT2D eigenvalue weighted by Gasteiger charge is -2.06. The maximum Gasteiger partial charge on any atom is 0.335 e. The fraction of sp³-hybridized carbons (Fsp3) is 0.0714. The van der Waals surface area contributed by atoms with Gasteiger partial charge in [0.2, 0.25) is 5.91 Å². The molecule has 2 N–H and O–H groups in total. The zero-order chi connectivity index (χ0) is 15.2. The fourth-order valence-electron chi connectivity index (χ4n) is 1.52. The summed E-state index contributed by atoms with van der Waals surface area (Å²) in [5, 5.41) is 12.0. The number of hydrogen-bond donors (Lipinski definition) is 2. The van der Waals surface area contributed by atoms with Crippen LogP contribution in [0.25, 0.3) is 0 Å². The van der Waals surface area contributed by atoms with Crippen LogP contribution >= 0.6 is 23.4 Å². The van der Waals surface area contributed by atoms with Gasteiger partial charge in [0.05, 0.1) is 16.3 Å². The van der Waals surface area contributed by atoms with Gasteiger partial charge in [-0.3, -0.25) is 4.79 Å². The number of hydrogen-bond acceptors (Lipinski definition) is 4. The van der Waals surface area contributed by atoms with Crippen molar-refractivity contribution in [2.45, 2.75) is 4.90 Å². The molecule has 0 aliphatic rings. The van der Waals surface area contributed by atoms with E-state index in [1.807, 2.05) is 18.2 Å². The Morgan fingerprint density at radius 1 is 1.29 bits per heavy atom. The van der Waals surface area contributed by atoms with Crippen LogP contribution in [0.15, 0.2) is 47.5 Å². The average Bonchev–Trinajstić information content (AvgIpc) is 2.46. The molecule has 1 amide bonds. The number of carboxylic acid groups (broad SMARTS) is 1. The Kier molecular flexibility index (Phi) is 5.19. The quantitative estimate of drug-likeness (QED) is 0.827. The van der Waals surface area contributed by atoms with Crippen molar-refractivity contribution < 1.29 is 14.7 Å². The summed E-state index contributed by atoms with van der Waals surface area (Å²) >= 11 is 7.29. The van der Waals surface area contributed by atoms with Gasteiger partial charge in [-0.25, -0.2) is 9.78 Å². The molecule has 7 heteroatoms. The topological polar surface area (TPSA) is 79.3 Å². The average molecular weight is 323 g/mol. The SMILES string of the molecule is O=C(CSc1ccccc1Cl)Nc1cc(C(=O)O)ccn1. The minimum absolute atomic E-state index is 0.0686. The maximum atomic E-state index is 11.8. The van der Waals surface area contributed by atoms with Gasteiger partial charge in [-0.2, -0.15) is 0 Å². The van der Waals surface area contributed by atoms with Gasteiger partial charge in [-0.1, -0.05) is 23.7 Å². The molecule has 0 aliphatic carbocycles. The van der Waals surface area contributed by atoms with E-state index in [0.29, 0.717) is 5.02 Å². The highest BCUT2D eigenvalue weighted by molar-refractivity contribution is 8.00. The Morgan fingerprint density at radius 2 is 2.05 bits per heavy atom. The number of thioether (sulfide) groups is 1. The van der Waals surface area contributed by atoms with Crippen molar-refractivity contribution in [3.63, 3.8) is 0 Å². The number of anilines is 1. The van der Waals surface area contributed by atoms with E-state index in [-0.39, 0.29) is 23.0 Å². The number of rotatable bonds is 5. The predicted molar refractivity (Wildman–Crippen MR) is 82.0 cm³/mol. The Hall–Kier alpha value is -2.05. The number of benzene rings is 1. The molecule has 0 atom stereocenters. The maximum absolute atomic E-state index is 11.8. The largest absolute Gasteiger partial charge is 0.478 e. The van der Waals surface area contributed by atoms with Crippen molar-refractivity contribution in [1.29, 1.82) is 0 Å². The van der Waals surface area contributed by atoms with E-state index < -0.39 is 5.97 Å². The zero-order valence-corrected chi connectivity index (χ0v) is 12.3. The minimum Gasteiger partial charge on any atom is -0.478 e. The molecule has 1 aromatic heterocycles. The first-order valence-electron chi connectivity index (χ1n) is 5.93. The highest BCUT2D eigenvalue weighted by Crippen LogP contribution is 2.26. The molecule has 1 heterocycles. The molecule has 21 heavy (non-hydrogen) atoms. The number of carbonyl (C=O) groups is 2. The van der Waals surface area contributed by atoms with Crippen molar-refractivity contribution in [3.8, 4) is 0 Å². The van der Waals surface area contributed by atoms with Crippen LogP contribution in [-0.2, 0) is 4.79 Å². The second-order valence-electron chi connectivity index (χ2n) is 4.00. The summed E-state index contributed by atoms with van der Waals surface area (Å²) in [6.45, 7) is 0. The Balaban J connectivity index is 1.95. The Bertz CT molecular complexity index is 679. The molecule has 0 unspecified atom stereocenters. The van der Waals surface area contributed by atoms with Crippen molar-refractivity contribution in [2.75, 3.05) is 11.1 Å². The van der Waals surface area contributed by atoms with E-state index in [4.69, 9.17) is 16.7 Å². The van der Waals surface area contributed by atoms with Crippen LogP contribution in [-0.4, -0.2) is 27.7 Å². The highest BCUT2D eigenvalue weighted by atomic mass is 35.5. The Morgan fingerprint density at radius 3 is 2.76 bits per heavy atom. The monoisotopic (exact) mass is 322 g/mol. The number of pyridine rings is 1. The second-order valence-corrected chi connectivity index (χ2v) is 5.43. The lowest BCUT2D eigenvalue weighted by Crippen LogP contribution is -2.15. The lowest BCUT2D eigenvalue weighted by molar-refractivity contribution is -0.113. The molecular weight excluding hydrogens is 312 g/mol. The molecule has 0 spiro atoms. The molecule has 2 rings (SSSR count). The van der Waals surface area contributed by atoms with Gasteiger partial charge in [0.1, 0.15) is 5.82 Å². The van der Waals surface area contributed by atoms with Crippen LogP contribution in [0.5, 0.6) is 0 Å². The molecule has 0 fully saturated rings. The summed E-state index contributed by atoms with van der Waals surface area (Å²) in [6, 6.07) is 9.89. The van der Waals surface area contributed by atoms with Crippen LogP contribution < -0.4 is 5.32 Å². The summed E-state index contributed by atoms with van der Waals surface area (Å²) in [6.07, 6.45) is 1.33. The number of aromatic nitrogens is 1. The lowest BCUT2D eigenvalue weighted by atomic mass is 10.2. The predicted octanol–water partition coefficient (Wildman–Crippen LogP) is 3.16. The summed E-state index contributed by atoms with van der Waals surface area (Å²) in [7, 11) is 0. The summed E-state index contributed by atoms with van der Waals surface area (Å²) in [4.78, 5) is 27.4. The molecule has 5 nitrogen and oxygen atoms in total. The number of aromatic carboxylic acids is 1. The van der Waals surface area contributed by atoms with Gasteiger partial charge >= 0.3 is 5.97 Å². The molecule has 0 bridgehead atoms. The van der Waals surface area contributed by atoms with Crippen LogP contribution in [0, 0.1) is 0 Å². The molecule has 0 radical (unpaired) electrons. The number of nitrogens with zero attached hydrogens (tertiary/aromatic N) is 1. The van der Waals surface area contributed by atoms with Crippen LogP contribution in [0.3, 0.4) is 0 Å². The zero-order valence-electron chi connectivity index (χ0n) is 10.7. The van der Waals surface area contributed by atoms with Crippen LogP contribution in [0.2, 0.25) is 5.02 Å². The van der Waals surface area contributed by atoms with Crippen molar-refractivity contribution in [1.82, 2.24) is 4.98 Å². The standard InChI is InChI=1S/C14H11ClN2O3S/c15-10-3-1-2-4-11(10)21-8-13(18)17-12-7-9(14(19)20)5-6-16-12/h1-7H,8H2,(H,19,20)(H,16,17,18). The van der Waals surface area contributed by atoms with Gasteiger partial charge in [0.15, 0.2) is 0 Å². The first-order chi connectivity index (χ1) is 10.1. The van der Waals surface area contributed by atoms with E-state index >= 15 is 0 Å². The molecular formula is C14H11ClN2O3S. The van der Waals surface area contributed by atoms with Gasteiger partial charge in [0.25, 0.3) is 0 Å².